The van der Waals surface area contributed by atoms with Crippen molar-refractivity contribution in [2.75, 3.05) is 38.1 Å². The SMILES string of the molecule is Cc1ccc(S(=O)(=O)Nc2ccc3c(c2)C(=O)N([C@@H](C)CO)C[C@@H](C)[C@H](CN(C)C(=O)c2ccncc2)OCCCC[C@H](C)O3)cc1. The molecule has 1 aliphatic rings. The Morgan fingerprint density at radius 2 is 1.81 bits per heavy atom. The average molecular weight is 667 g/mol. The van der Waals surface area contributed by atoms with E-state index in [2.05, 4.69) is 9.71 Å². The lowest BCUT2D eigenvalue weighted by Gasteiger charge is -2.36. The van der Waals surface area contributed by atoms with Crippen molar-refractivity contribution in [2.24, 2.45) is 5.92 Å². The molecule has 11 nitrogen and oxygen atoms in total. The van der Waals surface area contributed by atoms with E-state index in [9.17, 15) is 23.1 Å². The molecule has 2 aromatic carbocycles. The summed E-state index contributed by atoms with van der Waals surface area (Å²) < 4.78 is 41.6. The third-order valence-corrected chi connectivity index (χ3v) is 9.76. The first-order chi connectivity index (χ1) is 22.4. The number of pyridine rings is 1. The Kier molecular flexibility index (Phi) is 12.4. The summed E-state index contributed by atoms with van der Waals surface area (Å²) in [5.74, 6) is -0.500. The zero-order valence-electron chi connectivity index (χ0n) is 27.8. The molecule has 254 valence electrons. The number of likely N-dealkylation sites (N-methyl/N-ethyl adjacent to an activating group) is 1. The lowest BCUT2D eigenvalue weighted by Crippen LogP contribution is -2.48. The number of benzene rings is 2. The summed E-state index contributed by atoms with van der Waals surface area (Å²) in [6, 6.07) is 13.9. The molecule has 2 heterocycles. The van der Waals surface area contributed by atoms with Crippen molar-refractivity contribution >= 4 is 27.5 Å². The number of aromatic nitrogens is 1. The number of aliphatic hydroxyl groups is 1. The molecule has 0 fully saturated rings. The number of sulfonamides is 1. The van der Waals surface area contributed by atoms with Crippen LogP contribution in [0.2, 0.25) is 0 Å². The summed E-state index contributed by atoms with van der Waals surface area (Å²) in [7, 11) is -2.21. The summed E-state index contributed by atoms with van der Waals surface area (Å²) in [6.45, 7) is 8.18. The normalized spacial score (nSPS) is 20.3. The van der Waals surface area contributed by atoms with Crippen LogP contribution < -0.4 is 9.46 Å². The highest BCUT2D eigenvalue weighted by molar-refractivity contribution is 7.92. The van der Waals surface area contributed by atoms with E-state index in [0.29, 0.717) is 30.9 Å². The van der Waals surface area contributed by atoms with Gasteiger partial charge in [0.25, 0.3) is 21.8 Å². The molecular formula is C35H46N4O7S. The number of carbonyl (C=O) groups excluding carboxylic acids is 2. The Morgan fingerprint density at radius 1 is 1.11 bits per heavy atom. The molecule has 0 saturated heterocycles. The third kappa shape index (κ3) is 9.52. The second-order valence-electron chi connectivity index (χ2n) is 12.4. The molecule has 0 aliphatic carbocycles. The molecule has 4 atom stereocenters. The van der Waals surface area contributed by atoms with Gasteiger partial charge in [-0.3, -0.25) is 19.3 Å². The fourth-order valence-electron chi connectivity index (χ4n) is 5.45. The van der Waals surface area contributed by atoms with Gasteiger partial charge in [0.05, 0.1) is 35.3 Å². The number of aryl methyl sites for hydroxylation is 1. The molecule has 3 aromatic rings. The van der Waals surface area contributed by atoms with E-state index in [1.165, 1.54) is 18.2 Å². The van der Waals surface area contributed by atoms with E-state index in [0.717, 1.165) is 18.4 Å². The molecule has 2 N–H and O–H groups in total. The minimum Gasteiger partial charge on any atom is -0.490 e. The number of nitrogens with one attached hydrogen (secondary N) is 1. The van der Waals surface area contributed by atoms with E-state index < -0.39 is 28.1 Å². The van der Waals surface area contributed by atoms with E-state index in [1.807, 2.05) is 20.8 Å². The van der Waals surface area contributed by atoms with Crippen molar-refractivity contribution in [1.82, 2.24) is 14.8 Å². The first kappa shape index (κ1) is 35.8. The van der Waals surface area contributed by atoms with Crippen LogP contribution in [0.25, 0.3) is 0 Å². The Morgan fingerprint density at radius 3 is 2.49 bits per heavy atom. The van der Waals surface area contributed by atoms with Crippen molar-refractivity contribution in [3.63, 3.8) is 0 Å². The predicted molar refractivity (Wildman–Crippen MR) is 180 cm³/mol. The van der Waals surface area contributed by atoms with Crippen LogP contribution in [0.4, 0.5) is 5.69 Å². The van der Waals surface area contributed by atoms with Gasteiger partial charge in [-0.1, -0.05) is 24.6 Å². The van der Waals surface area contributed by atoms with Gasteiger partial charge in [-0.25, -0.2) is 8.42 Å². The van der Waals surface area contributed by atoms with Crippen molar-refractivity contribution in [3.05, 3.63) is 83.7 Å². The number of fused-ring (bicyclic) bond motifs is 1. The van der Waals surface area contributed by atoms with Gasteiger partial charge in [0.2, 0.25) is 0 Å². The maximum atomic E-state index is 14.4. The fourth-order valence-corrected chi connectivity index (χ4v) is 6.50. The Hall–Kier alpha value is -4.00. The molecule has 0 spiro atoms. The van der Waals surface area contributed by atoms with Crippen LogP contribution in [0, 0.1) is 12.8 Å². The summed E-state index contributed by atoms with van der Waals surface area (Å²) in [5, 5.41) is 10.2. The standard InChI is InChI=1S/C35H46N4O7S/c1-24-9-12-30(13-10-24)47(43,44)37-29-11-14-32-31(20-29)35(42)39(26(3)23-40)21-25(2)33(45-19-7-6-8-27(4)46-32)22-38(5)34(41)28-15-17-36-18-16-28/h9-18,20,25-27,33,37,40H,6-8,19,21-23H2,1-5H3/t25-,26+,27+,33+/m1/s1. The monoisotopic (exact) mass is 666 g/mol. The lowest BCUT2D eigenvalue weighted by molar-refractivity contribution is -0.0149. The van der Waals surface area contributed by atoms with Crippen LogP contribution in [0.15, 0.2) is 71.9 Å². The van der Waals surface area contributed by atoms with E-state index in [-0.39, 0.29) is 47.2 Å². The number of aliphatic hydroxyl groups excluding tert-OH is 1. The number of hydrogen-bond acceptors (Lipinski definition) is 8. The molecule has 1 aliphatic heterocycles. The number of hydrogen-bond donors (Lipinski definition) is 2. The predicted octanol–water partition coefficient (Wildman–Crippen LogP) is 4.76. The zero-order valence-corrected chi connectivity index (χ0v) is 28.6. The smallest absolute Gasteiger partial charge is 0.261 e. The number of ether oxygens (including phenoxy) is 2. The summed E-state index contributed by atoms with van der Waals surface area (Å²) in [6.07, 6.45) is 4.81. The number of amides is 2. The fraction of sp³-hybridized carbons (Fsp3) is 0.457. The molecule has 4 rings (SSSR count). The van der Waals surface area contributed by atoms with Gasteiger partial charge in [-0.15, -0.1) is 0 Å². The Labute approximate surface area is 278 Å². The average Bonchev–Trinajstić information content (AvgIpc) is 3.06. The largest absolute Gasteiger partial charge is 0.490 e. The molecule has 12 heteroatoms. The van der Waals surface area contributed by atoms with Gasteiger partial charge < -0.3 is 24.4 Å². The molecule has 0 radical (unpaired) electrons. The highest BCUT2D eigenvalue weighted by atomic mass is 32.2. The molecule has 0 saturated carbocycles. The van der Waals surface area contributed by atoms with Crippen molar-refractivity contribution in [3.8, 4) is 5.75 Å². The number of anilines is 1. The van der Waals surface area contributed by atoms with E-state index >= 15 is 0 Å². The van der Waals surface area contributed by atoms with Gasteiger partial charge in [0, 0.05) is 56.3 Å². The quantitative estimate of drug-likeness (QED) is 0.351. The molecule has 0 bridgehead atoms. The van der Waals surface area contributed by atoms with E-state index in [1.54, 1.807) is 72.6 Å². The first-order valence-corrected chi connectivity index (χ1v) is 17.5. The van der Waals surface area contributed by atoms with E-state index in [4.69, 9.17) is 9.47 Å². The maximum Gasteiger partial charge on any atom is 0.261 e. The first-order valence-electron chi connectivity index (χ1n) is 16.0. The van der Waals surface area contributed by atoms with Crippen molar-refractivity contribution < 1.29 is 32.6 Å². The highest BCUT2D eigenvalue weighted by Crippen LogP contribution is 2.29. The second-order valence-corrected chi connectivity index (χ2v) is 14.0. The van der Waals surface area contributed by atoms with Crippen LogP contribution in [-0.2, 0) is 14.8 Å². The van der Waals surface area contributed by atoms with Crippen LogP contribution in [0.5, 0.6) is 5.75 Å². The van der Waals surface area contributed by atoms with Gasteiger partial charge >= 0.3 is 0 Å². The van der Waals surface area contributed by atoms with Gasteiger partial charge in [-0.2, -0.15) is 0 Å². The summed E-state index contributed by atoms with van der Waals surface area (Å²) >= 11 is 0. The number of carbonyl (C=O) groups is 2. The molecule has 2 amide bonds. The van der Waals surface area contributed by atoms with Crippen LogP contribution in [-0.4, -0.2) is 91.7 Å². The summed E-state index contributed by atoms with van der Waals surface area (Å²) in [5.41, 5.74) is 1.82. The second kappa shape index (κ2) is 16.2. The van der Waals surface area contributed by atoms with Crippen LogP contribution in [0.3, 0.4) is 0 Å². The highest BCUT2D eigenvalue weighted by Gasteiger charge is 2.31. The topological polar surface area (TPSA) is 138 Å². The van der Waals surface area contributed by atoms with Crippen molar-refractivity contribution in [2.45, 2.75) is 70.1 Å². The molecule has 1 aromatic heterocycles. The maximum absolute atomic E-state index is 14.4. The number of nitrogens with zero attached hydrogens (tertiary/aromatic N) is 3. The van der Waals surface area contributed by atoms with Gasteiger partial charge in [0.15, 0.2) is 0 Å². The van der Waals surface area contributed by atoms with Crippen LogP contribution >= 0.6 is 0 Å². The molecule has 47 heavy (non-hydrogen) atoms. The Balaban J connectivity index is 1.66. The zero-order chi connectivity index (χ0) is 34.1. The molecular weight excluding hydrogens is 620 g/mol. The molecule has 0 unspecified atom stereocenters. The van der Waals surface area contributed by atoms with Crippen molar-refractivity contribution in [1.29, 1.82) is 0 Å². The van der Waals surface area contributed by atoms with Gasteiger partial charge in [0.1, 0.15) is 5.75 Å². The number of rotatable bonds is 8. The minimum atomic E-state index is -3.93. The minimum absolute atomic E-state index is 0.0992. The summed E-state index contributed by atoms with van der Waals surface area (Å²) in [4.78, 5) is 34.8. The lowest BCUT2D eigenvalue weighted by atomic mass is 10.0. The third-order valence-electron chi connectivity index (χ3n) is 8.36. The Bertz CT molecular complexity index is 1600. The van der Waals surface area contributed by atoms with Gasteiger partial charge in [-0.05, 0) is 82.5 Å². The van der Waals surface area contributed by atoms with Crippen LogP contribution in [0.1, 0.15) is 66.3 Å².